The van der Waals surface area contributed by atoms with Crippen molar-refractivity contribution in [3.8, 4) is 11.5 Å². The maximum atomic E-state index is 13.9. The maximum Gasteiger partial charge on any atom is 0.193 e. The Labute approximate surface area is 183 Å². The number of rotatable bonds is 6. The van der Waals surface area contributed by atoms with Gasteiger partial charge in [0, 0.05) is 33.6 Å². The number of fused-ring (bicyclic) bond motifs is 1. The SMILES string of the molecule is CN=C(NCCc1ccc2c(c1)CCO2)N(C)Cc1ccc(OC)c(F)c1.I. The van der Waals surface area contributed by atoms with E-state index in [9.17, 15) is 4.39 Å². The van der Waals surface area contributed by atoms with Crippen molar-refractivity contribution in [3.05, 3.63) is 58.9 Å². The van der Waals surface area contributed by atoms with Crippen molar-refractivity contribution in [1.29, 1.82) is 0 Å². The zero-order chi connectivity index (χ0) is 19.2. The Morgan fingerprint density at radius 2 is 2.04 bits per heavy atom. The Morgan fingerprint density at radius 3 is 2.75 bits per heavy atom. The number of nitrogens with one attached hydrogen (secondary N) is 1. The summed E-state index contributed by atoms with van der Waals surface area (Å²) in [7, 11) is 5.15. The molecular weight excluding hydrogens is 472 g/mol. The molecule has 0 aliphatic carbocycles. The standard InChI is InChI=1S/C21H26FN3O2.HI/c1-23-21(25(2)14-16-5-7-20(26-3)18(22)13-16)24-10-8-15-4-6-19-17(12-15)9-11-27-19;/h4-7,12-13H,8-11,14H2,1-3H3,(H,23,24);1H. The fourth-order valence-corrected chi connectivity index (χ4v) is 3.26. The van der Waals surface area contributed by atoms with Crippen molar-refractivity contribution in [2.45, 2.75) is 19.4 Å². The average molecular weight is 499 g/mol. The molecule has 1 N–H and O–H groups in total. The van der Waals surface area contributed by atoms with E-state index in [0.29, 0.717) is 6.54 Å². The van der Waals surface area contributed by atoms with Crippen LogP contribution in [0.5, 0.6) is 11.5 Å². The Hall–Kier alpha value is -2.03. The highest BCUT2D eigenvalue weighted by atomic mass is 127. The normalized spacial score (nSPS) is 12.6. The second kappa shape index (κ2) is 10.5. The summed E-state index contributed by atoms with van der Waals surface area (Å²) >= 11 is 0. The molecule has 0 amide bonds. The second-order valence-electron chi connectivity index (χ2n) is 6.59. The first kappa shape index (κ1) is 22.3. The van der Waals surface area contributed by atoms with Crippen molar-refractivity contribution in [2.75, 3.05) is 34.4 Å². The van der Waals surface area contributed by atoms with Crippen LogP contribution in [-0.2, 0) is 19.4 Å². The molecule has 1 aliphatic heterocycles. The molecule has 0 fully saturated rings. The van der Waals surface area contributed by atoms with Crippen LogP contribution >= 0.6 is 24.0 Å². The minimum Gasteiger partial charge on any atom is -0.494 e. The van der Waals surface area contributed by atoms with Crippen molar-refractivity contribution < 1.29 is 13.9 Å². The molecule has 5 nitrogen and oxygen atoms in total. The number of guanidine groups is 1. The van der Waals surface area contributed by atoms with E-state index in [1.54, 1.807) is 13.1 Å². The van der Waals surface area contributed by atoms with Gasteiger partial charge in [-0.05, 0) is 41.3 Å². The number of halogens is 2. The average Bonchev–Trinajstić information content (AvgIpc) is 3.13. The third kappa shape index (κ3) is 5.50. The van der Waals surface area contributed by atoms with Crippen LogP contribution < -0.4 is 14.8 Å². The molecule has 2 aromatic carbocycles. The Morgan fingerprint density at radius 1 is 1.25 bits per heavy atom. The van der Waals surface area contributed by atoms with E-state index in [1.807, 2.05) is 18.0 Å². The number of hydrogen-bond donors (Lipinski definition) is 1. The maximum absolute atomic E-state index is 13.9. The van der Waals surface area contributed by atoms with Gasteiger partial charge in [0.25, 0.3) is 0 Å². The number of ether oxygens (including phenoxy) is 2. The molecule has 0 bridgehead atoms. The van der Waals surface area contributed by atoms with Gasteiger partial charge < -0.3 is 19.7 Å². The van der Waals surface area contributed by atoms with E-state index in [4.69, 9.17) is 9.47 Å². The molecular formula is C21H27FIN3O2. The third-order valence-corrected chi connectivity index (χ3v) is 4.66. The summed E-state index contributed by atoms with van der Waals surface area (Å²) in [5.74, 6) is 1.68. The Bertz CT molecular complexity index is 829. The summed E-state index contributed by atoms with van der Waals surface area (Å²) in [6.45, 7) is 2.10. The first-order valence-electron chi connectivity index (χ1n) is 9.09. The van der Waals surface area contributed by atoms with E-state index in [-0.39, 0.29) is 35.5 Å². The third-order valence-electron chi connectivity index (χ3n) is 4.66. The minimum atomic E-state index is -0.355. The molecule has 0 unspecified atom stereocenters. The lowest BCUT2D eigenvalue weighted by Gasteiger charge is -2.22. The monoisotopic (exact) mass is 499 g/mol. The van der Waals surface area contributed by atoms with Crippen LogP contribution in [0.4, 0.5) is 4.39 Å². The fourth-order valence-electron chi connectivity index (χ4n) is 3.26. The van der Waals surface area contributed by atoms with Crippen molar-refractivity contribution in [1.82, 2.24) is 10.2 Å². The molecule has 2 aromatic rings. The van der Waals surface area contributed by atoms with Crippen LogP contribution in [0.3, 0.4) is 0 Å². The number of aliphatic imine (C=N–C) groups is 1. The number of nitrogens with zero attached hydrogens (tertiary/aromatic N) is 2. The molecule has 7 heteroatoms. The number of hydrogen-bond acceptors (Lipinski definition) is 3. The fraction of sp³-hybridized carbons (Fsp3) is 0.381. The lowest BCUT2D eigenvalue weighted by Crippen LogP contribution is -2.39. The van der Waals surface area contributed by atoms with Crippen LogP contribution in [0.1, 0.15) is 16.7 Å². The summed E-state index contributed by atoms with van der Waals surface area (Å²) in [6, 6.07) is 11.4. The summed E-state index contributed by atoms with van der Waals surface area (Å²) in [6.07, 6.45) is 1.89. The van der Waals surface area contributed by atoms with Crippen LogP contribution in [0.2, 0.25) is 0 Å². The summed E-state index contributed by atoms with van der Waals surface area (Å²) < 4.78 is 24.4. The lowest BCUT2D eigenvalue weighted by molar-refractivity contribution is 0.357. The topological polar surface area (TPSA) is 46.1 Å². The van der Waals surface area contributed by atoms with Gasteiger partial charge >= 0.3 is 0 Å². The first-order chi connectivity index (χ1) is 13.1. The lowest BCUT2D eigenvalue weighted by atomic mass is 10.1. The molecule has 0 saturated heterocycles. The molecule has 0 aromatic heterocycles. The zero-order valence-electron chi connectivity index (χ0n) is 16.5. The van der Waals surface area contributed by atoms with Gasteiger partial charge in [0.15, 0.2) is 17.5 Å². The summed E-state index contributed by atoms with van der Waals surface area (Å²) in [4.78, 5) is 6.29. The minimum absolute atomic E-state index is 0. The molecule has 0 saturated carbocycles. The van der Waals surface area contributed by atoms with Crippen molar-refractivity contribution in [3.63, 3.8) is 0 Å². The van der Waals surface area contributed by atoms with Gasteiger partial charge in [0.2, 0.25) is 0 Å². The predicted octanol–water partition coefficient (Wildman–Crippen LogP) is 3.64. The quantitative estimate of drug-likeness (QED) is 0.375. The van der Waals surface area contributed by atoms with Gasteiger partial charge in [0.1, 0.15) is 5.75 Å². The molecule has 0 spiro atoms. The molecule has 152 valence electrons. The highest BCUT2D eigenvalue weighted by Crippen LogP contribution is 2.25. The van der Waals surface area contributed by atoms with Gasteiger partial charge in [-0.25, -0.2) is 4.39 Å². The first-order valence-corrected chi connectivity index (χ1v) is 9.09. The van der Waals surface area contributed by atoms with E-state index in [0.717, 1.165) is 43.3 Å². The molecule has 3 rings (SSSR count). The highest BCUT2D eigenvalue weighted by Gasteiger charge is 2.12. The predicted molar refractivity (Wildman–Crippen MR) is 121 cm³/mol. The molecule has 0 radical (unpaired) electrons. The van der Waals surface area contributed by atoms with Gasteiger partial charge in [0.05, 0.1) is 13.7 Å². The summed E-state index contributed by atoms with van der Waals surface area (Å²) in [5.41, 5.74) is 3.43. The molecule has 0 atom stereocenters. The van der Waals surface area contributed by atoms with Crippen molar-refractivity contribution >= 4 is 29.9 Å². The smallest absolute Gasteiger partial charge is 0.193 e. The highest BCUT2D eigenvalue weighted by molar-refractivity contribution is 14.0. The van der Waals surface area contributed by atoms with Gasteiger partial charge in [-0.15, -0.1) is 24.0 Å². The zero-order valence-corrected chi connectivity index (χ0v) is 18.8. The van der Waals surface area contributed by atoms with Gasteiger partial charge in [-0.1, -0.05) is 18.2 Å². The van der Waals surface area contributed by atoms with E-state index >= 15 is 0 Å². The molecule has 1 heterocycles. The molecule has 1 aliphatic rings. The second-order valence-corrected chi connectivity index (χ2v) is 6.59. The Kier molecular flexibility index (Phi) is 8.35. The van der Waals surface area contributed by atoms with E-state index in [1.165, 1.54) is 24.3 Å². The van der Waals surface area contributed by atoms with E-state index < -0.39 is 0 Å². The number of benzene rings is 2. The summed E-state index contributed by atoms with van der Waals surface area (Å²) in [5, 5.41) is 3.37. The van der Waals surface area contributed by atoms with Crippen molar-refractivity contribution in [2.24, 2.45) is 4.99 Å². The van der Waals surface area contributed by atoms with Crippen LogP contribution in [0, 0.1) is 5.82 Å². The Balaban J connectivity index is 0.00000280. The largest absolute Gasteiger partial charge is 0.494 e. The van der Waals surface area contributed by atoms with Crippen LogP contribution in [0.15, 0.2) is 41.4 Å². The van der Waals surface area contributed by atoms with Gasteiger partial charge in [-0.2, -0.15) is 0 Å². The van der Waals surface area contributed by atoms with Crippen LogP contribution in [0.25, 0.3) is 0 Å². The van der Waals surface area contributed by atoms with E-state index in [2.05, 4.69) is 28.5 Å². The molecule has 28 heavy (non-hydrogen) atoms. The van der Waals surface area contributed by atoms with Crippen LogP contribution in [-0.4, -0.2) is 45.2 Å². The van der Waals surface area contributed by atoms with Gasteiger partial charge in [-0.3, -0.25) is 4.99 Å². The number of methoxy groups -OCH3 is 1.